The van der Waals surface area contributed by atoms with Gasteiger partial charge in [0.15, 0.2) is 11.7 Å². The summed E-state index contributed by atoms with van der Waals surface area (Å²) in [6.45, 7) is 3.65. The van der Waals surface area contributed by atoms with E-state index in [1.807, 2.05) is 38.1 Å². The molecule has 2 aromatic carbocycles. The summed E-state index contributed by atoms with van der Waals surface area (Å²) in [6.07, 6.45) is 0. The number of nitrogens with one attached hydrogen (secondary N) is 2. The van der Waals surface area contributed by atoms with E-state index in [9.17, 15) is 4.79 Å². The number of thiocarbonyl (C=S) groups is 1. The van der Waals surface area contributed by atoms with Gasteiger partial charge in [-0.2, -0.15) is 0 Å². The first-order valence-electron chi connectivity index (χ1n) is 7.11. The number of aryl methyl sites for hydroxylation is 1. The molecule has 0 radical (unpaired) electrons. The summed E-state index contributed by atoms with van der Waals surface area (Å²) in [6, 6.07) is 11.0. The second kappa shape index (κ2) is 8.46. The van der Waals surface area contributed by atoms with E-state index in [4.69, 9.17) is 28.6 Å². The summed E-state index contributed by atoms with van der Waals surface area (Å²) in [7, 11) is 0. The fourth-order valence-corrected chi connectivity index (χ4v) is 2.85. The molecule has 2 rings (SSSR count). The van der Waals surface area contributed by atoms with Gasteiger partial charge in [-0.1, -0.05) is 33.6 Å². The second-order valence-corrected chi connectivity index (χ2v) is 6.84. The quantitative estimate of drug-likeness (QED) is 0.700. The molecule has 0 aliphatic heterocycles. The first kappa shape index (κ1) is 18.7. The van der Waals surface area contributed by atoms with Crippen LogP contribution in [-0.4, -0.2) is 17.6 Å². The molecule has 0 atom stereocenters. The van der Waals surface area contributed by atoms with E-state index in [0.717, 1.165) is 21.3 Å². The van der Waals surface area contributed by atoms with Gasteiger partial charge in [-0.3, -0.25) is 10.1 Å². The highest BCUT2D eigenvalue weighted by Crippen LogP contribution is 2.23. The van der Waals surface area contributed by atoms with Gasteiger partial charge in [0.1, 0.15) is 5.75 Å². The molecule has 24 heavy (non-hydrogen) atoms. The molecule has 126 valence electrons. The lowest BCUT2D eigenvalue weighted by molar-refractivity contribution is -0.121. The molecule has 2 N–H and O–H groups in total. The smallest absolute Gasteiger partial charge is 0.264 e. The molecular formula is C17H16BrClN2O2S. The molecule has 0 unspecified atom stereocenters. The van der Waals surface area contributed by atoms with Crippen molar-refractivity contribution in [3.05, 3.63) is 57.0 Å². The number of hydrogen-bond acceptors (Lipinski definition) is 3. The van der Waals surface area contributed by atoms with Crippen molar-refractivity contribution >= 4 is 56.5 Å². The van der Waals surface area contributed by atoms with Crippen LogP contribution in [0, 0.1) is 13.8 Å². The van der Waals surface area contributed by atoms with E-state index in [2.05, 4.69) is 26.6 Å². The van der Waals surface area contributed by atoms with Gasteiger partial charge < -0.3 is 10.1 Å². The third-order valence-corrected chi connectivity index (χ3v) is 4.37. The molecule has 0 bridgehead atoms. The Morgan fingerprint density at radius 2 is 2.04 bits per heavy atom. The summed E-state index contributed by atoms with van der Waals surface area (Å²) >= 11 is 14.6. The molecule has 0 spiro atoms. The first-order chi connectivity index (χ1) is 11.4. The number of hydrogen-bond donors (Lipinski definition) is 2. The summed E-state index contributed by atoms with van der Waals surface area (Å²) in [5.74, 6) is 0.312. The fourth-order valence-electron chi connectivity index (χ4n) is 1.98. The van der Waals surface area contributed by atoms with E-state index in [1.165, 1.54) is 0 Å². The monoisotopic (exact) mass is 426 g/mol. The number of carbonyl (C=O) groups is 1. The Balaban J connectivity index is 1.87. The lowest BCUT2D eigenvalue weighted by atomic mass is 10.2. The van der Waals surface area contributed by atoms with Crippen molar-refractivity contribution in [3.8, 4) is 5.75 Å². The lowest BCUT2D eigenvalue weighted by Gasteiger charge is -2.13. The van der Waals surface area contributed by atoms with E-state index < -0.39 is 0 Å². The van der Waals surface area contributed by atoms with Crippen LogP contribution in [-0.2, 0) is 4.79 Å². The molecule has 1 amide bonds. The lowest BCUT2D eigenvalue weighted by Crippen LogP contribution is -2.37. The predicted octanol–water partition coefficient (Wildman–Crippen LogP) is 4.61. The van der Waals surface area contributed by atoms with Crippen LogP contribution in [0.2, 0.25) is 5.02 Å². The van der Waals surface area contributed by atoms with Gasteiger partial charge in [0.25, 0.3) is 5.91 Å². The van der Waals surface area contributed by atoms with Crippen LogP contribution in [0.5, 0.6) is 5.75 Å². The Kier molecular flexibility index (Phi) is 6.60. The fraction of sp³-hybridized carbons (Fsp3) is 0.176. The maximum absolute atomic E-state index is 11.9. The van der Waals surface area contributed by atoms with Crippen molar-refractivity contribution in [2.75, 3.05) is 11.9 Å². The number of halogens is 2. The Morgan fingerprint density at radius 1 is 1.29 bits per heavy atom. The van der Waals surface area contributed by atoms with Crippen LogP contribution < -0.4 is 15.4 Å². The summed E-state index contributed by atoms with van der Waals surface area (Å²) in [5.41, 5.74) is 2.54. The number of amides is 1. The minimum Gasteiger partial charge on any atom is -0.483 e. The zero-order valence-electron chi connectivity index (χ0n) is 13.2. The minimum absolute atomic E-state index is 0.126. The van der Waals surface area contributed by atoms with Gasteiger partial charge in [0, 0.05) is 15.2 Å². The Labute approximate surface area is 159 Å². The summed E-state index contributed by atoms with van der Waals surface area (Å²) < 4.78 is 6.46. The highest BCUT2D eigenvalue weighted by Gasteiger charge is 2.09. The Hall–Kier alpha value is -1.63. The number of carbonyl (C=O) groups excluding carboxylic acids is 1. The van der Waals surface area contributed by atoms with E-state index in [0.29, 0.717) is 10.8 Å². The molecule has 0 saturated carbocycles. The number of benzene rings is 2. The van der Waals surface area contributed by atoms with Crippen LogP contribution in [0.3, 0.4) is 0 Å². The van der Waals surface area contributed by atoms with Gasteiger partial charge in [0.2, 0.25) is 0 Å². The second-order valence-electron chi connectivity index (χ2n) is 5.11. The van der Waals surface area contributed by atoms with Gasteiger partial charge in [-0.05, 0) is 67.5 Å². The van der Waals surface area contributed by atoms with Crippen molar-refractivity contribution in [1.29, 1.82) is 0 Å². The molecule has 0 saturated heterocycles. The minimum atomic E-state index is -0.338. The molecule has 0 heterocycles. The molecule has 7 heteroatoms. The number of anilines is 1. The molecule has 0 aromatic heterocycles. The molecular weight excluding hydrogens is 412 g/mol. The van der Waals surface area contributed by atoms with E-state index in [1.54, 1.807) is 12.1 Å². The van der Waals surface area contributed by atoms with Gasteiger partial charge in [0.05, 0.1) is 0 Å². The van der Waals surface area contributed by atoms with Crippen LogP contribution >= 0.6 is 39.7 Å². The molecule has 0 fully saturated rings. The summed E-state index contributed by atoms with van der Waals surface area (Å²) in [5, 5.41) is 6.36. The molecule has 2 aromatic rings. The topological polar surface area (TPSA) is 50.4 Å². The largest absolute Gasteiger partial charge is 0.483 e. The van der Waals surface area contributed by atoms with E-state index in [-0.39, 0.29) is 17.6 Å². The number of ether oxygens (including phenoxy) is 1. The van der Waals surface area contributed by atoms with Crippen LogP contribution in [0.1, 0.15) is 11.1 Å². The number of rotatable bonds is 4. The highest BCUT2D eigenvalue weighted by atomic mass is 79.9. The van der Waals surface area contributed by atoms with Crippen LogP contribution in [0.4, 0.5) is 5.69 Å². The Bertz CT molecular complexity index is 783. The predicted molar refractivity (Wildman–Crippen MR) is 105 cm³/mol. The van der Waals surface area contributed by atoms with Gasteiger partial charge in [-0.15, -0.1) is 0 Å². The highest BCUT2D eigenvalue weighted by molar-refractivity contribution is 9.10. The van der Waals surface area contributed by atoms with Gasteiger partial charge >= 0.3 is 0 Å². The zero-order chi connectivity index (χ0) is 17.7. The van der Waals surface area contributed by atoms with E-state index >= 15 is 0 Å². The molecule has 4 nitrogen and oxygen atoms in total. The van der Waals surface area contributed by atoms with Crippen molar-refractivity contribution in [3.63, 3.8) is 0 Å². The van der Waals surface area contributed by atoms with Crippen molar-refractivity contribution in [1.82, 2.24) is 5.32 Å². The van der Waals surface area contributed by atoms with Crippen molar-refractivity contribution in [2.45, 2.75) is 13.8 Å². The third-order valence-electron chi connectivity index (χ3n) is 3.26. The van der Waals surface area contributed by atoms with Crippen LogP contribution in [0.25, 0.3) is 0 Å². The van der Waals surface area contributed by atoms with Crippen molar-refractivity contribution in [2.24, 2.45) is 0 Å². The average molecular weight is 428 g/mol. The normalized spacial score (nSPS) is 10.2. The summed E-state index contributed by atoms with van der Waals surface area (Å²) in [4.78, 5) is 11.9. The average Bonchev–Trinajstić information content (AvgIpc) is 2.51. The van der Waals surface area contributed by atoms with Crippen molar-refractivity contribution < 1.29 is 9.53 Å². The standard InChI is InChI=1S/C17H16BrClN2O2S/c1-10-8-12(18)6-7-15(10)23-9-16(22)21-17(24)20-14-5-3-4-13(19)11(14)2/h3-8H,9H2,1-2H3,(H2,20,21,22,24). The first-order valence-corrected chi connectivity index (χ1v) is 8.69. The van der Waals surface area contributed by atoms with Crippen LogP contribution in [0.15, 0.2) is 40.9 Å². The Morgan fingerprint density at radius 3 is 2.75 bits per heavy atom. The maximum atomic E-state index is 11.9. The molecule has 0 aliphatic rings. The maximum Gasteiger partial charge on any atom is 0.264 e. The third kappa shape index (κ3) is 5.19. The SMILES string of the molecule is Cc1cc(Br)ccc1OCC(=O)NC(=S)Nc1cccc(Cl)c1C. The van der Waals surface area contributed by atoms with Gasteiger partial charge in [-0.25, -0.2) is 0 Å². The zero-order valence-corrected chi connectivity index (χ0v) is 16.3. The molecule has 0 aliphatic carbocycles.